The van der Waals surface area contributed by atoms with Gasteiger partial charge in [0.05, 0.1) is 26.0 Å². The Hall–Kier alpha value is -2.27. The number of likely N-dealkylation sites (tertiary alicyclic amines) is 1. The molecule has 0 bridgehead atoms. The Balaban J connectivity index is 0.00000363. The van der Waals surface area contributed by atoms with Crippen LogP contribution in [-0.4, -0.2) is 56.6 Å². The van der Waals surface area contributed by atoms with Gasteiger partial charge in [0, 0.05) is 13.1 Å². The molecule has 1 aromatic carbocycles. The van der Waals surface area contributed by atoms with Gasteiger partial charge in [-0.1, -0.05) is 12.1 Å². The third kappa shape index (κ3) is 8.01. The van der Waals surface area contributed by atoms with E-state index < -0.39 is 0 Å². The van der Waals surface area contributed by atoms with Gasteiger partial charge in [-0.2, -0.15) is 0 Å². The molecule has 3 N–H and O–H groups in total. The molecule has 1 amide bonds. The molecule has 1 atom stereocenters. The van der Waals surface area contributed by atoms with E-state index in [0.717, 1.165) is 31.1 Å². The highest BCUT2D eigenvalue weighted by Crippen LogP contribution is 2.26. The largest absolute Gasteiger partial charge is 0.497 e. The van der Waals surface area contributed by atoms with Crippen LogP contribution in [0.25, 0.3) is 0 Å². The van der Waals surface area contributed by atoms with Gasteiger partial charge < -0.3 is 25.1 Å². The van der Waals surface area contributed by atoms with Gasteiger partial charge in [-0.15, -0.1) is 24.0 Å². The number of benzene rings is 1. The minimum absolute atomic E-state index is 0. The number of nitrogens with one attached hydrogen (secondary N) is 3. The van der Waals surface area contributed by atoms with Crippen molar-refractivity contribution in [2.75, 3.05) is 39.8 Å². The fraction of sp³-hybridized carbons (Fsp3) is 0.478. The van der Waals surface area contributed by atoms with Crippen molar-refractivity contribution in [2.24, 2.45) is 4.99 Å². The number of carbonyl (C=O) groups excluding carboxylic acids is 1. The second kappa shape index (κ2) is 14.0. The van der Waals surface area contributed by atoms with E-state index >= 15 is 0 Å². The third-order valence-corrected chi connectivity index (χ3v) is 5.31. The molecule has 1 fully saturated rings. The zero-order chi connectivity index (χ0) is 21.9. The van der Waals surface area contributed by atoms with E-state index in [1.807, 2.05) is 25.1 Å². The Morgan fingerprint density at radius 2 is 1.91 bits per heavy atom. The molecule has 0 aliphatic carbocycles. The molecule has 2 heterocycles. The van der Waals surface area contributed by atoms with Crippen molar-refractivity contribution in [1.82, 2.24) is 20.9 Å². The maximum atomic E-state index is 12.1. The Bertz CT molecular complexity index is 821. The zero-order valence-electron chi connectivity index (χ0n) is 18.8. The van der Waals surface area contributed by atoms with Crippen LogP contribution >= 0.6 is 24.0 Å². The second-order valence-corrected chi connectivity index (χ2v) is 7.46. The van der Waals surface area contributed by atoms with Gasteiger partial charge in [0.25, 0.3) is 0 Å². The molecule has 1 unspecified atom stereocenters. The number of halogens is 1. The lowest BCUT2D eigenvalue weighted by Crippen LogP contribution is -2.43. The molecule has 32 heavy (non-hydrogen) atoms. The van der Waals surface area contributed by atoms with Crippen molar-refractivity contribution in [1.29, 1.82) is 0 Å². The van der Waals surface area contributed by atoms with Gasteiger partial charge in [-0.3, -0.25) is 9.69 Å². The first kappa shape index (κ1) is 26.0. The molecule has 8 nitrogen and oxygen atoms in total. The summed E-state index contributed by atoms with van der Waals surface area (Å²) in [6.07, 6.45) is 4.03. The predicted molar refractivity (Wildman–Crippen MR) is 136 cm³/mol. The number of carbonyl (C=O) groups is 1. The summed E-state index contributed by atoms with van der Waals surface area (Å²) < 4.78 is 10.5. The average molecular weight is 555 g/mol. The smallest absolute Gasteiger partial charge is 0.242 e. The summed E-state index contributed by atoms with van der Waals surface area (Å²) in [5.74, 6) is 2.05. The first-order chi connectivity index (χ1) is 15.2. The van der Waals surface area contributed by atoms with E-state index in [0.29, 0.717) is 19.0 Å². The molecule has 1 aromatic heterocycles. The lowest BCUT2D eigenvalue weighted by Gasteiger charge is -2.29. The van der Waals surface area contributed by atoms with Crippen molar-refractivity contribution in [2.45, 2.75) is 32.4 Å². The number of hydrogen-bond donors (Lipinski definition) is 3. The van der Waals surface area contributed by atoms with Gasteiger partial charge in [0.1, 0.15) is 18.1 Å². The molecule has 1 aliphatic heterocycles. The maximum Gasteiger partial charge on any atom is 0.242 e. The molecular formula is C23H34IN5O3. The number of guanidine groups is 1. The van der Waals surface area contributed by atoms with Gasteiger partial charge in [-0.05, 0) is 62.7 Å². The van der Waals surface area contributed by atoms with Crippen LogP contribution in [0.3, 0.4) is 0 Å². The van der Waals surface area contributed by atoms with Crippen LogP contribution < -0.4 is 20.7 Å². The highest BCUT2D eigenvalue weighted by molar-refractivity contribution is 14.0. The zero-order valence-corrected chi connectivity index (χ0v) is 21.1. The summed E-state index contributed by atoms with van der Waals surface area (Å²) in [5.41, 5.74) is 1.24. The quantitative estimate of drug-likeness (QED) is 0.237. The second-order valence-electron chi connectivity index (χ2n) is 7.46. The van der Waals surface area contributed by atoms with Crippen LogP contribution in [0.4, 0.5) is 0 Å². The average Bonchev–Trinajstić information content (AvgIpc) is 3.51. The summed E-state index contributed by atoms with van der Waals surface area (Å²) >= 11 is 0. The lowest BCUT2D eigenvalue weighted by molar-refractivity contribution is -0.119. The number of amides is 1. The Kier molecular flexibility index (Phi) is 11.4. The van der Waals surface area contributed by atoms with Crippen LogP contribution in [0, 0.1) is 0 Å². The minimum Gasteiger partial charge on any atom is -0.497 e. The van der Waals surface area contributed by atoms with Crippen molar-refractivity contribution in [3.63, 3.8) is 0 Å². The Morgan fingerprint density at radius 3 is 2.53 bits per heavy atom. The van der Waals surface area contributed by atoms with Crippen LogP contribution in [0.15, 0.2) is 52.1 Å². The normalized spacial score (nSPS) is 15.0. The highest BCUT2D eigenvalue weighted by atomic mass is 127. The van der Waals surface area contributed by atoms with E-state index in [1.54, 1.807) is 19.4 Å². The first-order valence-electron chi connectivity index (χ1n) is 10.9. The molecule has 1 saturated heterocycles. The van der Waals surface area contributed by atoms with Crippen molar-refractivity contribution >= 4 is 35.8 Å². The number of hydrogen-bond acceptors (Lipinski definition) is 5. The first-order valence-corrected chi connectivity index (χ1v) is 10.9. The fourth-order valence-corrected chi connectivity index (χ4v) is 3.68. The monoisotopic (exact) mass is 555 g/mol. The molecule has 176 valence electrons. The number of methoxy groups -OCH3 is 1. The van der Waals surface area contributed by atoms with Crippen molar-refractivity contribution < 1.29 is 13.9 Å². The summed E-state index contributed by atoms with van der Waals surface area (Å²) in [6, 6.07) is 12.1. The number of furan rings is 1. The summed E-state index contributed by atoms with van der Waals surface area (Å²) in [4.78, 5) is 19.1. The van der Waals surface area contributed by atoms with E-state index in [9.17, 15) is 4.79 Å². The molecule has 2 aromatic rings. The fourth-order valence-electron chi connectivity index (χ4n) is 3.68. The number of ether oxygens (including phenoxy) is 1. The lowest BCUT2D eigenvalue weighted by atomic mass is 10.1. The van der Waals surface area contributed by atoms with Crippen LogP contribution in [0.5, 0.6) is 5.75 Å². The Labute approximate surface area is 207 Å². The number of nitrogens with zero attached hydrogens (tertiary/aromatic N) is 2. The van der Waals surface area contributed by atoms with Gasteiger partial charge >= 0.3 is 0 Å². The standard InChI is InChI=1S/C23H33N5O3.HI/c1-3-24-23(27-17-22(29)25-15-20-7-6-14-31-20)26-16-21(28-12-4-5-13-28)18-8-10-19(30-2)11-9-18;/h6-11,14,21H,3-5,12-13,15-17H2,1-2H3,(H,25,29)(H2,24,26,27);1H. The van der Waals surface area contributed by atoms with Crippen molar-refractivity contribution in [3.8, 4) is 5.75 Å². The van der Waals surface area contributed by atoms with Crippen molar-refractivity contribution in [3.05, 3.63) is 54.0 Å². The van der Waals surface area contributed by atoms with Gasteiger partial charge in [0.2, 0.25) is 5.91 Å². The molecule has 3 rings (SSSR count). The predicted octanol–water partition coefficient (Wildman–Crippen LogP) is 2.91. The van der Waals surface area contributed by atoms with E-state index in [1.165, 1.54) is 18.4 Å². The van der Waals surface area contributed by atoms with Crippen LogP contribution in [0.2, 0.25) is 0 Å². The number of aliphatic imine (C=N–C) groups is 1. The summed E-state index contributed by atoms with van der Waals surface area (Å²) in [5, 5.41) is 9.46. The molecule has 0 spiro atoms. The topological polar surface area (TPSA) is 91.1 Å². The minimum atomic E-state index is -0.153. The van der Waals surface area contributed by atoms with Gasteiger partial charge in [0.15, 0.2) is 5.96 Å². The Morgan fingerprint density at radius 1 is 1.16 bits per heavy atom. The van der Waals surface area contributed by atoms with Gasteiger partial charge in [-0.25, -0.2) is 4.99 Å². The highest BCUT2D eigenvalue weighted by Gasteiger charge is 2.23. The molecule has 1 aliphatic rings. The maximum absolute atomic E-state index is 12.1. The molecule has 9 heteroatoms. The van der Waals surface area contributed by atoms with E-state index in [2.05, 4.69) is 38.0 Å². The SMILES string of the molecule is CCNC(=NCC(=O)NCc1ccco1)NCC(c1ccc(OC)cc1)N1CCCC1.I. The number of rotatable bonds is 10. The van der Waals surface area contributed by atoms with Crippen LogP contribution in [0.1, 0.15) is 37.1 Å². The molecule has 0 radical (unpaired) electrons. The molecular weight excluding hydrogens is 521 g/mol. The summed E-state index contributed by atoms with van der Waals surface area (Å²) in [6.45, 7) is 6.01. The summed E-state index contributed by atoms with van der Waals surface area (Å²) in [7, 11) is 1.68. The van der Waals surface area contributed by atoms with E-state index in [-0.39, 0.29) is 42.5 Å². The molecule has 0 saturated carbocycles. The van der Waals surface area contributed by atoms with E-state index in [4.69, 9.17) is 9.15 Å². The van der Waals surface area contributed by atoms with Crippen LogP contribution in [-0.2, 0) is 11.3 Å². The third-order valence-electron chi connectivity index (χ3n) is 5.31.